The molecule has 0 amide bonds. The van der Waals surface area contributed by atoms with Crippen molar-refractivity contribution in [3.63, 3.8) is 0 Å². The van der Waals surface area contributed by atoms with Crippen LogP contribution in [0.1, 0.15) is 63.1 Å². The van der Waals surface area contributed by atoms with Gasteiger partial charge in [0.2, 0.25) is 5.89 Å². The molecule has 0 spiro atoms. The van der Waals surface area contributed by atoms with Crippen LogP contribution < -0.4 is 5.32 Å². The van der Waals surface area contributed by atoms with Crippen molar-refractivity contribution in [1.82, 2.24) is 15.5 Å². The van der Waals surface area contributed by atoms with Gasteiger partial charge in [-0.05, 0) is 51.0 Å². The Morgan fingerprint density at radius 1 is 1.32 bits per heavy atom. The highest BCUT2D eigenvalue weighted by Gasteiger charge is 2.32. The maximum absolute atomic E-state index is 5.46. The second-order valence-electron chi connectivity index (χ2n) is 6.27. The van der Waals surface area contributed by atoms with E-state index in [1.807, 2.05) is 7.05 Å². The number of nitrogens with one attached hydrogen (secondary N) is 1. The van der Waals surface area contributed by atoms with Crippen LogP contribution in [0.5, 0.6) is 0 Å². The van der Waals surface area contributed by atoms with Crippen molar-refractivity contribution < 1.29 is 4.52 Å². The molecule has 0 aromatic carbocycles. The Morgan fingerprint density at radius 3 is 2.79 bits per heavy atom. The van der Waals surface area contributed by atoms with Gasteiger partial charge in [-0.1, -0.05) is 18.5 Å². The van der Waals surface area contributed by atoms with Gasteiger partial charge in [-0.3, -0.25) is 0 Å². The summed E-state index contributed by atoms with van der Waals surface area (Å²) in [6.45, 7) is 2.28. The van der Waals surface area contributed by atoms with Gasteiger partial charge in [0.05, 0.1) is 0 Å². The highest BCUT2D eigenvalue weighted by Crippen LogP contribution is 2.38. The summed E-state index contributed by atoms with van der Waals surface area (Å²) in [4.78, 5) is 4.64. The average Bonchev–Trinajstić information content (AvgIpc) is 2.99. The number of aromatic nitrogens is 2. The fourth-order valence-corrected chi connectivity index (χ4v) is 3.39. The van der Waals surface area contributed by atoms with E-state index < -0.39 is 0 Å². The number of likely N-dealkylation sites (N-methyl/N-ethyl adjacent to an activating group) is 1. The topological polar surface area (TPSA) is 51.0 Å². The van der Waals surface area contributed by atoms with Crippen molar-refractivity contribution in [3.05, 3.63) is 11.7 Å². The second-order valence-corrected chi connectivity index (χ2v) is 6.27. The van der Waals surface area contributed by atoms with Crippen molar-refractivity contribution in [2.24, 2.45) is 11.8 Å². The van der Waals surface area contributed by atoms with Gasteiger partial charge >= 0.3 is 0 Å². The van der Waals surface area contributed by atoms with E-state index in [1.165, 1.54) is 38.5 Å². The van der Waals surface area contributed by atoms with Gasteiger partial charge in [0.15, 0.2) is 5.82 Å². The summed E-state index contributed by atoms with van der Waals surface area (Å²) in [6, 6.07) is 0.514. The maximum atomic E-state index is 5.46. The molecule has 0 bridgehead atoms. The largest absolute Gasteiger partial charge is 0.339 e. The molecule has 3 atom stereocenters. The van der Waals surface area contributed by atoms with Gasteiger partial charge < -0.3 is 9.84 Å². The summed E-state index contributed by atoms with van der Waals surface area (Å²) < 4.78 is 5.46. The van der Waals surface area contributed by atoms with Gasteiger partial charge in [-0.2, -0.15) is 4.98 Å². The first-order valence-electron chi connectivity index (χ1n) is 7.79. The lowest BCUT2D eigenvalue weighted by Crippen LogP contribution is -2.29. The summed E-state index contributed by atoms with van der Waals surface area (Å²) in [5.74, 6) is 3.99. The van der Waals surface area contributed by atoms with Gasteiger partial charge in [0.1, 0.15) is 0 Å². The molecule has 1 heterocycles. The van der Waals surface area contributed by atoms with Crippen LogP contribution >= 0.6 is 0 Å². The molecule has 2 saturated carbocycles. The Hall–Kier alpha value is -0.900. The Morgan fingerprint density at radius 2 is 2.16 bits per heavy atom. The molecule has 1 N–H and O–H groups in total. The van der Waals surface area contributed by atoms with Crippen LogP contribution in [-0.4, -0.2) is 23.2 Å². The smallest absolute Gasteiger partial charge is 0.228 e. The van der Waals surface area contributed by atoms with Crippen LogP contribution in [0.3, 0.4) is 0 Å². The van der Waals surface area contributed by atoms with E-state index in [0.29, 0.717) is 12.0 Å². The standard InChI is InChI=1S/C15H25N3O/c1-3-10-4-5-12(8-10)15-17-14(19-18-15)9-13(16-2)11-6-7-11/h10-13,16H,3-9H2,1-2H3. The first kappa shape index (κ1) is 13.1. The van der Waals surface area contributed by atoms with Gasteiger partial charge in [-0.25, -0.2) is 0 Å². The van der Waals surface area contributed by atoms with Crippen molar-refractivity contribution in [2.75, 3.05) is 7.05 Å². The lowest BCUT2D eigenvalue weighted by atomic mass is 10.0. The van der Waals surface area contributed by atoms with E-state index in [4.69, 9.17) is 4.52 Å². The summed E-state index contributed by atoms with van der Waals surface area (Å²) in [6.07, 6.45) is 8.65. The van der Waals surface area contributed by atoms with E-state index in [-0.39, 0.29) is 0 Å². The Bertz CT molecular complexity index is 413. The molecule has 0 saturated heterocycles. The second kappa shape index (κ2) is 5.61. The Balaban J connectivity index is 1.59. The Labute approximate surface area is 115 Å². The minimum atomic E-state index is 0.514. The van der Waals surface area contributed by atoms with Crippen molar-refractivity contribution in [3.8, 4) is 0 Å². The fraction of sp³-hybridized carbons (Fsp3) is 0.867. The monoisotopic (exact) mass is 263 g/mol. The van der Waals surface area contributed by atoms with Crippen LogP contribution in [-0.2, 0) is 6.42 Å². The molecule has 0 radical (unpaired) electrons. The summed E-state index contributed by atoms with van der Waals surface area (Å²) >= 11 is 0. The third-order valence-electron chi connectivity index (χ3n) is 4.92. The zero-order valence-corrected chi connectivity index (χ0v) is 12.1. The summed E-state index contributed by atoms with van der Waals surface area (Å²) in [7, 11) is 2.03. The molecule has 0 aliphatic heterocycles. The van der Waals surface area contributed by atoms with Crippen LogP contribution in [0, 0.1) is 11.8 Å². The molecule has 1 aromatic heterocycles. The third kappa shape index (κ3) is 2.99. The molecule has 3 rings (SSSR count). The number of nitrogens with zero attached hydrogens (tertiary/aromatic N) is 2. The number of hydrogen-bond donors (Lipinski definition) is 1. The van der Waals surface area contributed by atoms with Crippen LogP contribution in [0.15, 0.2) is 4.52 Å². The van der Waals surface area contributed by atoms with E-state index in [0.717, 1.165) is 30.0 Å². The van der Waals surface area contributed by atoms with Crippen molar-refractivity contribution in [1.29, 1.82) is 0 Å². The molecule has 2 fully saturated rings. The molecule has 2 aliphatic carbocycles. The van der Waals surface area contributed by atoms with Gasteiger partial charge in [0.25, 0.3) is 0 Å². The van der Waals surface area contributed by atoms with Crippen LogP contribution in [0.4, 0.5) is 0 Å². The third-order valence-corrected chi connectivity index (χ3v) is 4.92. The predicted octanol–water partition coefficient (Wildman–Crippen LogP) is 2.90. The van der Waals surface area contributed by atoms with Gasteiger partial charge in [0, 0.05) is 18.4 Å². The predicted molar refractivity (Wildman–Crippen MR) is 73.9 cm³/mol. The quantitative estimate of drug-likeness (QED) is 0.857. The van der Waals surface area contributed by atoms with E-state index in [9.17, 15) is 0 Å². The van der Waals surface area contributed by atoms with E-state index in [1.54, 1.807) is 0 Å². The van der Waals surface area contributed by atoms with Crippen LogP contribution in [0.25, 0.3) is 0 Å². The highest BCUT2D eigenvalue weighted by atomic mass is 16.5. The van der Waals surface area contributed by atoms with Crippen LogP contribution in [0.2, 0.25) is 0 Å². The summed E-state index contributed by atoms with van der Waals surface area (Å²) in [5.41, 5.74) is 0. The lowest BCUT2D eigenvalue weighted by Gasteiger charge is -2.11. The van der Waals surface area contributed by atoms with E-state index >= 15 is 0 Å². The Kier molecular flexibility index (Phi) is 3.87. The molecule has 4 nitrogen and oxygen atoms in total. The van der Waals surface area contributed by atoms with Crippen molar-refractivity contribution in [2.45, 2.75) is 63.8 Å². The molecule has 19 heavy (non-hydrogen) atoms. The molecule has 106 valence electrons. The average molecular weight is 263 g/mol. The number of hydrogen-bond acceptors (Lipinski definition) is 4. The highest BCUT2D eigenvalue weighted by molar-refractivity contribution is 5.01. The molecular formula is C15H25N3O. The van der Waals surface area contributed by atoms with Gasteiger partial charge in [-0.15, -0.1) is 0 Å². The first-order chi connectivity index (χ1) is 9.30. The molecule has 4 heteroatoms. The fourth-order valence-electron chi connectivity index (χ4n) is 3.39. The summed E-state index contributed by atoms with van der Waals surface area (Å²) in [5, 5.41) is 7.60. The minimum Gasteiger partial charge on any atom is -0.339 e. The SMILES string of the molecule is CCC1CCC(c2noc(CC(NC)C3CC3)n2)C1. The molecule has 1 aromatic rings. The molecular weight excluding hydrogens is 238 g/mol. The zero-order chi connectivity index (χ0) is 13.2. The first-order valence-corrected chi connectivity index (χ1v) is 7.79. The number of rotatable bonds is 6. The van der Waals surface area contributed by atoms with Crippen molar-refractivity contribution >= 4 is 0 Å². The maximum Gasteiger partial charge on any atom is 0.228 e. The molecule has 2 aliphatic rings. The zero-order valence-electron chi connectivity index (χ0n) is 12.1. The lowest BCUT2D eigenvalue weighted by molar-refractivity contribution is 0.346. The van der Waals surface area contributed by atoms with E-state index in [2.05, 4.69) is 22.4 Å². The molecule has 3 unspecified atom stereocenters. The normalized spacial score (nSPS) is 28.7. The minimum absolute atomic E-state index is 0.514.